The first-order valence-corrected chi connectivity index (χ1v) is 4.41. The van der Waals surface area contributed by atoms with E-state index in [2.05, 4.69) is 0 Å². The average molecular weight is 174 g/mol. The molecule has 0 atom stereocenters. The summed E-state index contributed by atoms with van der Waals surface area (Å²) in [6.45, 7) is 0.200. The average Bonchev–Trinajstić information content (AvgIpc) is 1.64. The lowest BCUT2D eigenvalue weighted by Crippen LogP contribution is -2.16. The van der Waals surface area contributed by atoms with Crippen LogP contribution >= 0.6 is 19.3 Å². The highest BCUT2D eigenvalue weighted by Gasteiger charge is 2.18. The van der Waals surface area contributed by atoms with Gasteiger partial charge in [-0.1, -0.05) is 0 Å². The second-order valence-corrected chi connectivity index (χ2v) is 3.67. The predicted molar refractivity (Wildman–Crippen MR) is 35.4 cm³/mol. The van der Waals surface area contributed by atoms with Gasteiger partial charge in [-0.2, -0.15) is 0 Å². The Morgan fingerprint density at radius 1 is 1.67 bits per heavy atom. The number of alkyl halides is 1. The van der Waals surface area contributed by atoms with Gasteiger partial charge in [0.15, 0.2) is 0 Å². The molecule has 6 heteroatoms. The van der Waals surface area contributed by atoms with E-state index >= 15 is 0 Å². The smallest absolute Gasteiger partial charge is 0.312 e. The van der Waals surface area contributed by atoms with Crippen molar-refractivity contribution in [2.45, 2.75) is 0 Å². The summed E-state index contributed by atoms with van der Waals surface area (Å²) in [5.41, 5.74) is 0. The monoisotopic (exact) mass is 173 g/mol. The zero-order valence-corrected chi connectivity index (χ0v) is 6.64. The van der Waals surface area contributed by atoms with Crippen LogP contribution in [0, 0.1) is 0 Å². The maximum absolute atomic E-state index is 10.3. The molecule has 0 rings (SSSR count). The van der Waals surface area contributed by atoms with E-state index in [1.807, 2.05) is 0 Å². The molecule has 0 saturated carbocycles. The lowest BCUT2D eigenvalue weighted by molar-refractivity contribution is 0.297. The van der Waals surface area contributed by atoms with Crippen molar-refractivity contribution in [3.63, 3.8) is 0 Å². The van der Waals surface area contributed by atoms with E-state index in [-0.39, 0.29) is 12.4 Å². The number of hydrogen-bond donors (Lipinski definition) is 2. The van der Waals surface area contributed by atoms with Gasteiger partial charge in [-0.3, -0.25) is 0 Å². The van der Waals surface area contributed by atoms with Crippen LogP contribution in [0.3, 0.4) is 0 Å². The SMILES string of the molecule is CN(CCCl)P(=O)(O)O. The minimum absolute atomic E-state index is 0.200. The second kappa shape index (κ2) is 3.54. The number of halogens is 1. The maximum atomic E-state index is 10.3. The van der Waals surface area contributed by atoms with E-state index in [9.17, 15) is 4.57 Å². The predicted octanol–water partition coefficient (Wildman–Crippen LogP) is 0.250. The van der Waals surface area contributed by atoms with Crippen molar-refractivity contribution >= 4 is 19.3 Å². The first kappa shape index (κ1) is 9.40. The maximum Gasteiger partial charge on any atom is 0.402 e. The normalized spacial score (nSPS) is 12.6. The Kier molecular flexibility index (Phi) is 3.70. The molecule has 0 fully saturated rings. The first-order valence-electron chi connectivity index (χ1n) is 2.31. The molecular formula is C3H9ClNO3P. The van der Waals surface area contributed by atoms with Gasteiger partial charge >= 0.3 is 7.75 Å². The molecule has 0 amide bonds. The molecule has 9 heavy (non-hydrogen) atoms. The summed E-state index contributed by atoms with van der Waals surface area (Å²) in [5.74, 6) is 0.224. The molecule has 0 aliphatic heterocycles. The van der Waals surface area contributed by atoms with Crippen LogP contribution in [-0.2, 0) is 4.57 Å². The zero-order valence-electron chi connectivity index (χ0n) is 4.99. The van der Waals surface area contributed by atoms with Gasteiger partial charge in [0.2, 0.25) is 0 Å². The molecule has 0 heterocycles. The summed E-state index contributed by atoms with van der Waals surface area (Å²) in [6.07, 6.45) is 0. The van der Waals surface area contributed by atoms with Gasteiger partial charge in [-0.25, -0.2) is 9.24 Å². The van der Waals surface area contributed by atoms with Crippen LogP contribution in [0.4, 0.5) is 0 Å². The molecule has 4 nitrogen and oxygen atoms in total. The Morgan fingerprint density at radius 2 is 2.11 bits per heavy atom. The molecule has 0 aromatic heterocycles. The summed E-state index contributed by atoms with van der Waals surface area (Å²) < 4.78 is 11.2. The summed E-state index contributed by atoms with van der Waals surface area (Å²) in [6, 6.07) is 0. The summed E-state index contributed by atoms with van der Waals surface area (Å²) in [5, 5.41) is 0. The Hall–Kier alpha value is 0.400. The minimum atomic E-state index is -4.02. The van der Waals surface area contributed by atoms with Crippen molar-refractivity contribution in [2.24, 2.45) is 0 Å². The molecule has 0 aliphatic carbocycles. The molecule has 0 aromatic carbocycles. The van der Waals surface area contributed by atoms with Gasteiger partial charge in [0.25, 0.3) is 0 Å². The van der Waals surface area contributed by atoms with Crippen LogP contribution in [-0.4, -0.2) is 33.9 Å². The van der Waals surface area contributed by atoms with Gasteiger partial charge in [0.1, 0.15) is 0 Å². The van der Waals surface area contributed by atoms with Crippen LogP contribution in [0.5, 0.6) is 0 Å². The number of nitrogens with zero attached hydrogens (tertiary/aromatic N) is 1. The molecule has 0 radical (unpaired) electrons. The largest absolute Gasteiger partial charge is 0.402 e. The third-order valence-electron chi connectivity index (χ3n) is 0.853. The van der Waals surface area contributed by atoms with Gasteiger partial charge in [-0.05, 0) is 7.05 Å². The Balaban J connectivity index is 3.74. The van der Waals surface area contributed by atoms with E-state index in [0.29, 0.717) is 0 Å². The van der Waals surface area contributed by atoms with Crippen LogP contribution < -0.4 is 0 Å². The van der Waals surface area contributed by atoms with Crippen molar-refractivity contribution in [2.75, 3.05) is 19.5 Å². The standard InChI is InChI=1S/C3H9ClNO3P/c1-5(3-2-4)9(6,7)8/h2-3H2,1H3,(H2,6,7,8). The van der Waals surface area contributed by atoms with Crippen LogP contribution in [0.2, 0.25) is 0 Å². The fourth-order valence-corrected chi connectivity index (χ4v) is 0.985. The van der Waals surface area contributed by atoms with Gasteiger partial charge < -0.3 is 9.79 Å². The van der Waals surface area contributed by atoms with Crippen LogP contribution in [0.1, 0.15) is 0 Å². The van der Waals surface area contributed by atoms with E-state index in [4.69, 9.17) is 21.4 Å². The molecule has 2 N–H and O–H groups in total. The van der Waals surface area contributed by atoms with Crippen molar-refractivity contribution in [3.05, 3.63) is 0 Å². The quantitative estimate of drug-likeness (QED) is 0.475. The third-order valence-corrected chi connectivity index (χ3v) is 2.11. The second-order valence-electron chi connectivity index (χ2n) is 1.58. The highest BCUT2D eigenvalue weighted by atomic mass is 35.5. The van der Waals surface area contributed by atoms with Crippen LogP contribution in [0.25, 0.3) is 0 Å². The van der Waals surface area contributed by atoms with E-state index in [1.54, 1.807) is 0 Å². The molecule has 0 unspecified atom stereocenters. The minimum Gasteiger partial charge on any atom is -0.312 e. The molecule has 0 spiro atoms. The van der Waals surface area contributed by atoms with Crippen LogP contribution in [0.15, 0.2) is 0 Å². The Morgan fingerprint density at radius 3 is 2.22 bits per heavy atom. The van der Waals surface area contributed by atoms with E-state index < -0.39 is 7.75 Å². The number of hydrogen-bond acceptors (Lipinski definition) is 1. The lowest BCUT2D eigenvalue weighted by atomic mass is 10.8. The fourth-order valence-electron chi connectivity index (χ4n) is 0.253. The summed E-state index contributed by atoms with van der Waals surface area (Å²) in [4.78, 5) is 16.8. The third kappa shape index (κ3) is 3.89. The van der Waals surface area contributed by atoms with Gasteiger partial charge in [-0.15, -0.1) is 11.6 Å². The van der Waals surface area contributed by atoms with Crippen molar-refractivity contribution in [1.82, 2.24) is 4.67 Å². The van der Waals surface area contributed by atoms with Gasteiger partial charge in [0, 0.05) is 12.4 Å². The summed E-state index contributed by atoms with van der Waals surface area (Å²) >= 11 is 5.22. The zero-order chi connectivity index (χ0) is 7.49. The highest BCUT2D eigenvalue weighted by molar-refractivity contribution is 7.49. The molecule has 0 aromatic rings. The summed E-state index contributed by atoms with van der Waals surface area (Å²) in [7, 11) is -2.70. The molecule has 0 saturated heterocycles. The lowest BCUT2D eigenvalue weighted by Gasteiger charge is -2.15. The highest BCUT2D eigenvalue weighted by Crippen LogP contribution is 2.37. The van der Waals surface area contributed by atoms with Gasteiger partial charge in [0.05, 0.1) is 0 Å². The molecule has 0 bridgehead atoms. The molecule has 56 valence electrons. The Labute approximate surface area is 58.6 Å². The fraction of sp³-hybridized carbons (Fsp3) is 1.00. The number of rotatable bonds is 3. The molecule has 0 aliphatic rings. The van der Waals surface area contributed by atoms with Crippen molar-refractivity contribution in [1.29, 1.82) is 0 Å². The van der Waals surface area contributed by atoms with Crippen molar-refractivity contribution in [3.8, 4) is 0 Å². The molecular weight excluding hydrogens is 164 g/mol. The van der Waals surface area contributed by atoms with Crippen molar-refractivity contribution < 1.29 is 14.4 Å². The topological polar surface area (TPSA) is 60.8 Å². The first-order chi connectivity index (χ1) is 3.98. The van der Waals surface area contributed by atoms with E-state index in [1.165, 1.54) is 7.05 Å². The van der Waals surface area contributed by atoms with E-state index in [0.717, 1.165) is 4.67 Å². The Bertz CT molecular complexity index is 124.